The quantitative estimate of drug-likeness (QED) is 0.758. The van der Waals surface area contributed by atoms with Crippen molar-refractivity contribution in [2.75, 3.05) is 25.4 Å². The molecule has 122 valence electrons. The lowest BCUT2D eigenvalue weighted by molar-refractivity contribution is -0.120. The minimum Gasteiger partial charge on any atom is -0.356 e. The molecule has 4 heteroatoms. The zero-order chi connectivity index (χ0) is 15.8. The van der Waals surface area contributed by atoms with Crippen LogP contribution in [-0.4, -0.2) is 31.3 Å². The zero-order valence-electron chi connectivity index (χ0n) is 13.8. The number of nitrogens with one attached hydrogen (secondary N) is 2. The smallest absolute Gasteiger partial charge is 0.220 e. The highest BCUT2D eigenvalue weighted by atomic mass is 32.2. The molecule has 1 heterocycles. The molecule has 0 radical (unpaired) electrons. The number of amides is 1. The van der Waals surface area contributed by atoms with Gasteiger partial charge >= 0.3 is 0 Å². The zero-order valence-corrected chi connectivity index (χ0v) is 14.6. The molecule has 0 saturated carbocycles. The molecular formula is C18H28N2OS. The van der Waals surface area contributed by atoms with Crippen LogP contribution in [-0.2, 0) is 4.79 Å². The molecule has 1 amide bonds. The van der Waals surface area contributed by atoms with E-state index in [4.69, 9.17) is 0 Å². The van der Waals surface area contributed by atoms with Gasteiger partial charge in [-0.25, -0.2) is 0 Å². The molecule has 1 saturated heterocycles. The molecule has 0 spiro atoms. The van der Waals surface area contributed by atoms with Crippen molar-refractivity contribution in [3.63, 3.8) is 0 Å². The maximum absolute atomic E-state index is 11.9. The van der Waals surface area contributed by atoms with E-state index in [9.17, 15) is 4.79 Å². The maximum atomic E-state index is 11.9. The van der Waals surface area contributed by atoms with Gasteiger partial charge in [0.1, 0.15) is 0 Å². The Morgan fingerprint density at radius 1 is 1.36 bits per heavy atom. The molecule has 1 atom stereocenters. The first kappa shape index (κ1) is 17.4. The van der Waals surface area contributed by atoms with Crippen molar-refractivity contribution in [3.05, 3.63) is 29.3 Å². The largest absolute Gasteiger partial charge is 0.356 e. The van der Waals surface area contributed by atoms with Gasteiger partial charge in [0.2, 0.25) is 5.91 Å². The maximum Gasteiger partial charge on any atom is 0.220 e. The second-order valence-corrected chi connectivity index (χ2v) is 7.36. The van der Waals surface area contributed by atoms with E-state index in [0.29, 0.717) is 6.42 Å². The Hall–Kier alpha value is -1.00. The average molecular weight is 321 g/mol. The summed E-state index contributed by atoms with van der Waals surface area (Å²) in [5, 5.41) is 6.47. The monoisotopic (exact) mass is 320 g/mol. The molecular weight excluding hydrogens is 292 g/mol. The second-order valence-electron chi connectivity index (χ2n) is 6.20. The van der Waals surface area contributed by atoms with Gasteiger partial charge in [0.25, 0.3) is 0 Å². The molecule has 22 heavy (non-hydrogen) atoms. The van der Waals surface area contributed by atoms with Crippen LogP contribution in [0.2, 0.25) is 0 Å². The van der Waals surface area contributed by atoms with Crippen molar-refractivity contribution in [3.8, 4) is 0 Å². The first-order valence-corrected chi connectivity index (χ1v) is 9.31. The van der Waals surface area contributed by atoms with Gasteiger partial charge in [-0.15, -0.1) is 11.8 Å². The van der Waals surface area contributed by atoms with Crippen LogP contribution in [0.25, 0.3) is 0 Å². The Morgan fingerprint density at radius 3 is 2.95 bits per heavy atom. The van der Waals surface area contributed by atoms with Crippen LogP contribution in [0.4, 0.5) is 0 Å². The molecule has 0 aliphatic carbocycles. The third-order valence-corrected chi connectivity index (χ3v) is 5.35. The number of benzene rings is 1. The van der Waals surface area contributed by atoms with Crippen LogP contribution in [0.1, 0.15) is 36.8 Å². The van der Waals surface area contributed by atoms with E-state index < -0.39 is 0 Å². The number of carbonyl (C=O) groups is 1. The number of rotatable bonds is 7. The van der Waals surface area contributed by atoms with Crippen LogP contribution in [0.3, 0.4) is 0 Å². The van der Waals surface area contributed by atoms with Gasteiger partial charge in [-0.3, -0.25) is 4.79 Å². The van der Waals surface area contributed by atoms with Crippen LogP contribution in [0, 0.1) is 19.8 Å². The summed E-state index contributed by atoms with van der Waals surface area (Å²) >= 11 is 1.76. The molecule has 1 aromatic rings. The number of hydrogen-bond acceptors (Lipinski definition) is 3. The van der Waals surface area contributed by atoms with E-state index in [-0.39, 0.29) is 5.91 Å². The molecule has 1 unspecified atom stereocenters. The highest BCUT2D eigenvalue weighted by Gasteiger charge is 2.12. The van der Waals surface area contributed by atoms with Crippen molar-refractivity contribution in [1.82, 2.24) is 10.6 Å². The van der Waals surface area contributed by atoms with Gasteiger partial charge in [0.05, 0.1) is 0 Å². The Labute approximate surface area is 138 Å². The highest BCUT2D eigenvalue weighted by Crippen LogP contribution is 2.21. The van der Waals surface area contributed by atoms with Crippen molar-refractivity contribution in [1.29, 1.82) is 0 Å². The van der Waals surface area contributed by atoms with E-state index in [2.05, 4.69) is 42.7 Å². The summed E-state index contributed by atoms with van der Waals surface area (Å²) in [5.74, 6) is 1.76. The van der Waals surface area contributed by atoms with Crippen LogP contribution in [0.15, 0.2) is 23.1 Å². The summed E-state index contributed by atoms with van der Waals surface area (Å²) in [6.45, 7) is 7.34. The van der Waals surface area contributed by atoms with Gasteiger partial charge in [-0.05, 0) is 75.4 Å². The summed E-state index contributed by atoms with van der Waals surface area (Å²) in [6.07, 6.45) is 4.26. The van der Waals surface area contributed by atoms with Crippen LogP contribution < -0.4 is 10.6 Å². The lowest BCUT2D eigenvalue weighted by Crippen LogP contribution is -2.33. The lowest BCUT2D eigenvalue weighted by Gasteiger charge is -2.22. The SMILES string of the molecule is Cc1ccc(SCCC(=O)NCCC2CCCNC2)cc1C. The summed E-state index contributed by atoms with van der Waals surface area (Å²) in [5.41, 5.74) is 2.63. The minimum absolute atomic E-state index is 0.181. The predicted octanol–water partition coefficient (Wildman–Crippen LogP) is 3.29. The third-order valence-electron chi connectivity index (χ3n) is 4.35. The molecule has 0 bridgehead atoms. The van der Waals surface area contributed by atoms with Gasteiger partial charge < -0.3 is 10.6 Å². The standard InChI is InChI=1S/C18H28N2OS/c1-14-5-6-17(12-15(14)2)22-11-8-18(21)20-10-7-16-4-3-9-19-13-16/h5-6,12,16,19H,3-4,7-11,13H2,1-2H3,(H,20,21). The molecule has 2 rings (SSSR count). The number of aryl methyl sites for hydroxylation is 2. The van der Waals surface area contributed by atoms with Crippen LogP contribution in [0.5, 0.6) is 0 Å². The summed E-state index contributed by atoms with van der Waals surface area (Å²) in [4.78, 5) is 13.1. The van der Waals surface area contributed by atoms with E-state index >= 15 is 0 Å². The second kappa shape index (κ2) is 9.21. The molecule has 3 nitrogen and oxygen atoms in total. The fourth-order valence-corrected chi connectivity index (χ4v) is 3.69. The van der Waals surface area contributed by atoms with Crippen LogP contribution >= 0.6 is 11.8 Å². The Bertz CT molecular complexity index is 484. The van der Waals surface area contributed by atoms with Gasteiger partial charge in [-0.1, -0.05) is 6.07 Å². The van der Waals surface area contributed by atoms with Crippen molar-refractivity contribution in [2.24, 2.45) is 5.92 Å². The van der Waals surface area contributed by atoms with Gasteiger partial charge in [0, 0.05) is 23.6 Å². The molecule has 1 fully saturated rings. The van der Waals surface area contributed by atoms with Crippen molar-refractivity contribution < 1.29 is 4.79 Å². The topological polar surface area (TPSA) is 41.1 Å². The molecule has 1 aliphatic heterocycles. The fourth-order valence-electron chi connectivity index (χ4n) is 2.74. The summed E-state index contributed by atoms with van der Waals surface area (Å²) < 4.78 is 0. The van der Waals surface area contributed by atoms with E-state index in [1.165, 1.54) is 28.9 Å². The first-order chi connectivity index (χ1) is 10.6. The Kier molecular flexibility index (Phi) is 7.26. The molecule has 2 N–H and O–H groups in total. The Morgan fingerprint density at radius 2 is 2.23 bits per heavy atom. The van der Waals surface area contributed by atoms with E-state index in [1.54, 1.807) is 11.8 Å². The molecule has 0 aromatic heterocycles. The summed E-state index contributed by atoms with van der Waals surface area (Å²) in [6, 6.07) is 6.49. The number of hydrogen-bond donors (Lipinski definition) is 2. The Balaban J connectivity index is 1.58. The van der Waals surface area contributed by atoms with E-state index in [0.717, 1.165) is 37.7 Å². The lowest BCUT2D eigenvalue weighted by atomic mass is 9.96. The fraction of sp³-hybridized carbons (Fsp3) is 0.611. The summed E-state index contributed by atoms with van der Waals surface area (Å²) in [7, 11) is 0. The predicted molar refractivity (Wildman–Crippen MR) is 94.5 cm³/mol. The van der Waals surface area contributed by atoms with Crippen molar-refractivity contribution in [2.45, 2.75) is 44.4 Å². The third kappa shape index (κ3) is 6.01. The minimum atomic E-state index is 0.181. The van der Waals surface area contributed by atoms with Crippen molar-refractivity contribution >= 4 is 17.7 Å². The molecule has 1 aromatic carbocycles. The number of carbonyl (C=O) groups excluding carboxylic acids is 1. The normalized spacial score (nSPS) is 18.2. The highest BCUT2D eigenvalue weighted by molar-refractivity contribution is 7.99. The first-order valence-electron chi connectivity index (χ1n) is 8.32. The number of piperidine rings is 1. The average Bonchev–Trinajstić information content (AvgIpc) is 2.52. The number of thioether (sulfide) groups is 1. The molecule has 1 aliphatic rings. The van der Waals surface area contributed by atoms with E-state index in [1.807, 2.05) is 0 Å². The van der Waals surface area contributed by atoms with Gasteiger partial charge in [0.15, 0.2) is 0 Å². The van der Waals surface area contributed by atoms with Gasteiger partial charge in [-0.2, -0.15) is 0 Å².